The van der Waals surface area contributed by atoms with Gasteiger partial charge in [0.15, 0.2) is 8.32 Å². The third-order valence-electron chi connectivity index (χ3n) is 6.26. The number of fused-ring (bicyclic) bond motifs is 1. The van der Waals surface area contributed by atoms with Crippen LogP contribution in [0.3, 0.4) is 0 Å². The van der Waals surface area contributed by atoms with Gasteiger partial charge in [0.1, 0.15) is 0 Å². The van der Waals surface area contributed by atoms with E-state index in [-0.39, 0.29) is 0 Å². The summed E-state index contributed by atoms with van der Waals surface area (Å²) in [6, 6.07) is 0. The van der Waals surface area contributed by atoms with Gasteiger partial charge >= 0.3 is 0 Å². The van der Waals surface area contributed by atoms with E-state index in [1.165, 1.54) is 18.4 Å². The average Bonchev–Trinajstić information content (AvgIpc) is 2.65. The molecule has 0 aromatic rings. The first-order valence-electron chi connectivity index (χ1n) is 8.07. The number of allylic oxidation sites excluding steroid dienone is 3. The summed E-state index contributed by atoms with van der Waals surface area (Å²) in [5, 5.41) is 0.306. The lowest BCUT2D eigenvalue weighted by Gasteiger charge is -2.40. The molecule has 3 atom stereocenters. The normalized spacial score (nSPS) is 34.4. The fourth-order valence-corrected chi connectivity index (χ4v) is 4.51. The molecule has 2 aliphatic carbocycles. The van der Waals surface area contributed by atoms with E-state index in [0.717, 1.165) is 13.0 Å². The highest BCUT2D eigenvalue weighted by atomic mass is 28.4. The quantitative estimate of drug-likeness (QED) is 0.489. The Bertz CT molecular complexity index is 416. The lowest BCUT2D eigenvalue weighted by molar-refractivity contribution is 0.185. The minimum Gasteiger partial charge on any atom is -0.417 e. The van der Waals surface area contributed by atoms with Gasteiger partial charge in [-0.05, 0) is 54.6 Å². The molecular weight excluding hydrogens is 260 g/mol. The van der Waals surface area contributed by atoms with Gasteiger partial charge in [-0.2, -0.15) is 0 Å². The second-order valence-electron chi connectivity index (χ2n) is 8.55. The molecule has 0 spiro atoms. The summed E-state index contributed by atoms with van der Waals surface area (Å²) in [5.41, 5.74) is 1.76. The first-order valence-corrected chi connectivity index (χ1v) is 11.0. The Balaban J connectivity index is 2.04. The molecule has 0 amide bonds. The highest BCUT2D eigenvalue weighted by Crippen LogP contribution is 2.54. The Morgan fingerprint density at radius 1 is 1.40 bits per heavy atom. The molecule has 1 nitrogen and oxygen atoms in total. The van der Waals surface area contributed by atoms with E-state index in [1.54, 1.807) is 0 Å². The molecule has 2 heteroatoms. The van der Waals surface area contributed by atoms with E-state index in [9.17, 15) is 0 Å². The topological polar surface area (TPSA) is 9.23 Å². The van der Waals surface area contributed by atoms with Crippen LogP contribution in [0.5, 0.6) is 0 Å². The van der Waals surface area contributed by atoms with Crippen molar-refractivity contribution in [2.24, 2.45) is 17.3 Å². The van der Waals surface area contributed by atoms with Crippen LogP contribution in [0.15, 0.2) is 24.3 Å². The molecule has 0 aromatic heterocycles. The maximum absolute atomic E-state index is 6.48. The van der Waals surface area contributed by atoms with Gasteiger partial charge in [-0.25, -0.2) is 0 Å². The van der Waals surface area contributed by atoms with Gasteiger partial charge in [-0.3, -0.25) is 0 Å². The first kappa shape index (κ1) is 16.0. The second kappa shape index (κ2) is 5.13. The molecule has 1 fully saturated rings. The zero-order chi connectivity index (χ0) is 15.2. The van der Waals surface area contributed by atoms with E-state index in [1.807, 2.05) is 0 Å². The standard InChI is InChI=1S/C18H32OSi/c1-14-9-8-10-16-15(11-12-18(14,16)5)13-19-20(6,7)17(2,3)4/h8,10,15-16H,1,9,11-13H2,2-7H3/t15-,16-,18-/m1/s1. The molecule has 0 bridgehead atoms. The average molecular weight is 293 g/mol. The molecule has 0 N–H and O–H groups in total. The summed E-state index contributed by atoms with van der Waals surface area (Å²) in [4.78, 5) is 0. The van der Waals surface area contributed by atoms with Gasteiger partial charge in [0.25, 0.3) is 0 Å². The fraction of sp³-hybridized carbons (Fsp3) is 0.778. The molecule has 20 heavy (non-hydrogen) atoms. The SMILES string of the molecule is C=C1CC=C[C@@H]2[C@@H](CO[Si](C)(C)C(C)(C)C)CC[C@]12C. The number of hydrogen-bond acceptors (Lipinski definition) is 1. The molecule has 0 heterocycles. The molecule has 0 saturated heterocycles. The Kier molecular flexibility index (Phi) is 4.12. The third-order valence-corrected chi connectivity index (χ3v) is 10.8. The summed E-state index contributed by atoms with van der Waals surface area (Å²) in [7, 11) is -1.62. The number of hydrogen-bond donors (Lipinski definition) is 0. The largest absolute Gasteiger partial charge is 0.417 e. The molecule has 114 valence electrons. The molecule has 1 saturated carbocycles. The van der Waals surface area contributed by atoms with Crippen molar-refractivity contribution in [2.45, 2.75) is 65.1 Å². The van der Waals surface area contributed by atoms with Gasteiger partial charge in [0.2, 0.25) is 0 Å². The second-order valence-corrected chi connectivity index (χ2v) is 13.4. The highest BCUT2D eigenvalue weighted by Gasteiger charge is 2.47. The highest BCUT2D eigenvalue weighted by molar-refractivity contribution is 6.74. The Hall–Kier alpha value is -0.343. The van der Waals surface area contributed by atoms with Gasteiger partial charge in [-0.15, -0.1) is 0 Å². The van der Waals surface area contributed by atoms with Crippen molar-refractivity contribution in [2.75, 3.05) is 6.61 Å². The van der Waals surface area contributed by atoms with Gasteiger partial charge < -0.3 is 4.43 Å². The van der Waals surface area contributed by atoms with Crippen LogP contribution in [-0.4, -0.2) is 14.9 Å². The number of rotatable bonds is 3. The van der Waals surface area contributed by atoms with E-state index in [2.05, 4.69) is 59.5 Å². The van der Waals surface area contributed by atoms with Crippen molar-refractivity contribution < 1.29 is 4.43 Å². The molecule has 0 aromatic carbocycles. The van der Waals surface area contributed by atoms with E-state index in [0.29, 0.717) is 22.3 Å². The predicted octanol–water partition coefficient (Wildman–Crippen LogP) is 5.56. The summed E-state index contributed by atoms with van der Waals surface area (Å²) >= 11 is 0. The molecule has 0 unspecified atom stereocenters. The van der Waals surface area contributed by atoms with Crippen LogP contribution in [0.1, 0.15) is 47.0 Å². The van der Waals surface area contributed by atoms with Crippen LogP contribution < -0.4 is 0 Å². The minimum atomic E-state index is -1.62. The monoisotopic (exact) mass is 292 g/mol. The van der Waals surface area contributed by atoms with E-state index in [4.69, 9.17) is 4.43 Å². The smallest absolute Gasteiger partial charge is 0.191 e. The molecular formula is C18H32OSi. The van der Waals surface area contributed by atoms with Gasteiger partial charge in [-0.1, -0.05) is 52.0 Å². The van der Waals surface area contributed by atoms with E-state index >= 15 is 0 Å². The summed E-state index contributed by atoms with van der Waals surface area (Å²) in [5.74, 6) is 1.33. The zero-order valence-electron chi connectivity index (χ0n) is 14.3. The lowest BCUT2D eigenvalue weighted by Crippen LogP contribution is -2.42. The van der Waals surface area contributed by atoms with Crippen molar-refractivity contribution in [3.8, 4) is 0 Å². The fourth-order valence-electron chi connectivity index (χ4n) is 3.44. The predicted molar refractivity (Wildman–Crippen MR) is 90.4 cm³/mol. The van der Waals surface area contributed by atoms with Crippen LogP contribution in [-0.2, 0) is 4.43 Å². The minimum absolute atomic E-state index is 0.306. The van der Waals surface area contributed by atoms with Crippen molar-refractivity contribution in [3.05, 3.63) is 24.3 Å². The summed E-state index contributed by atoms with van der Waals surface area (Å²) in [6.45, 7) is 19.4. The van der Waals surface area contributed by atoms with Crippen molar-refractivity contribution in [1.29, 1.82) is 0 Å². The van der Waals surface area contributed by atoms with Crippen molar-refractivity contribution in [1.82, 2.24) is 0 Å². The maximum atomic E-state index is 6.48. The van der Waals surface area contributed by atoms with Crippen LogP contribution in [0, 0.1) is 17.3 Å². The first-order chi connectivity index (χ1) is 9.08. The third kappa shape index (κ3) is 2.69. The Morgan fingerprint density at radius 2 is 2.05 bits per heavy atom. The van der Waals surface area contributed by atoms with Crippen LogP contribution in [0.2, 0.25) is 18.1 Å². The Morgan fingerprint density at radius 3 is 2.65 bits per heavy atom. The molecule has 2 rings (SSSR count). The van der Waals surface area contributed by atoms with Crippen molar-refractivity contribution >= 4 is 8.32 Å². The van der Waals surface area contributed by atoms with Crippen LogP contribution in [0.4, 0.5) is 0 Å². The Labute approximate surface area is 126 Å². The van der Waals surface area contributed by atoms with E-state index < -0.39 is 8.32 Å². The van der Waals surface area contributed by atoms with Crippen LogP contribution >= 0.6 is 0 Å². The molecule has 0 aliphatic heterocycles. The summed E-state index contributed by atoms with van der Waals surface area (Å²) in [6.07, 6.45) is 8.41. The van der Waals surface area contributed by atoms with Gasteiger partial charge in [0, 0.05) is 6.61 Å². The lowest BCUT2D eigenvalue weighted by atomic mass is 9.68. The zero-order valence-corrected chi connectivity index (χ0v) is 15.3. The van der Waals surface area contributed by atoms with Gasteiger partial charge in [0.05, 0.1) is 0 Å². The maximum Gasteiger partial charge on any atom is 0.191 e. The van der Waals surface area contributed by atoms with Crippen LogP contribution in [0.25, 0.3) is 0 Å². The summed E-state index contributed by atoms with van der Waals surface area (Å²) < 4.78 is 6.48. The molecule has 2 aliphatic rings. The molecule has 0 radical (unpaired) electrons. The van der Waals surface area contributed by atoms with Crippen molar-refractivity contribution in [3.63, 3.8) is 0 Å².